The van der Waals surface area contributed by atoms with E-state index in [1.807, 2.05) is 42.5 Å². The first-order valence-corrected chi connectivity index (χ1v) is 9.03. The van der Waals surface area contributed by atoms with E-state index in [0.717, 1.165) is 11.1 Å². The molecule has 6 nitrogen and oxygen atoms in total. The molecule has 0 aliphatic rings. The summed E-state index contributed by atoms with van der Waals surface area (Å²) in [4.78, 5) is 16.3. The van der Waals surface area contributed by atoms with E-state index in [9.17, 15) is 4.79 Å². The van der Waals surface area contributed by atoms with Crippen molar-refractivity contribution in [3.05, 3.63) is 84.1 Å². The summed E-state index contributed by atoms with van der Waals surface area (Å²) in [6.45, 7) is 0.383. The zero-order valence-electron chi connectivity index (χ0n) is 16.3. The molecule has 1 heterocycles. The highest BCUT2D eigenvalue weighted by Gasteiger charge is 2.04. The SMILES string of the molecule is COc1ccc(C=CC(=O)NCc2cccc(Oc3ccccn3)c2)cc1OC. The summed E-state index contributed by atoms with van der Waals surface area (Å²) in [5.74, 6) is 2.24. The Morgan fingerprint density at radius 1 is 1.00 bits per heavy atom. The summed E-state index contributed by atoms with van der Waals surface area (Å²) in [6.07, 6.45) is 4.87. The summed E-state index contributed by atoms with van der Waals surface area (Å²) in [6, 6.07) is 18.4. The fourth-order valence-corrected chi connectivity index (χ4v) is 2.62. The Balaban J connectivity index is 1.56. The number of nitrogens with one attached hydrogen (secondary N) is 1. The number of carbonyl (C=O) groups is 1. The Labute approximate surface area is 169 Å². The van der Waals surface area contributed by atoms with Crippen LogP contribution in [0, 0.1) is 0 Å². The van der Waals surface area contributed by atoms with Gasteiger partial charge in [0.05, 0.1) is 14.2 Å². The lowest BCUT2D eigenvalue weighted by Gasteiger charge is -2.08. The van der Waals surface area contributed by atoms with Crippen molar-refractivity contribution < 1.29 is 19.0 Å². The van der Waals surface area contributed by atoms with Gasteiger partial charge in [-0.15, -0.1) is 0 Å². The van der Waals surface area contributed by atoms with Crippen LogP contribution >= 0.6 is 0 Å². The molecule has 0 fully saturated rings. The molecule has 0 atom stereocenters. The van der Waals surface area contributed by atoms with Crippen molar-refractivity contribution in [2.24, 2.45) is 0 Å². The molecule has 3 aromatic rings. The van der Waals surface area contributed by atoms with Crippen molar-refractivity contribution in [2.75, 3.05) is 14.2 Å². The topological polar surface area (TPSA) is 69.7 Å². The zero-order chi connectivity index (χ0) is 20.5. The van der Waals surface area contributed by atoms with Crippen LogP contribution in [0.15, 0.2) is 72.9 Å². The minimum Gasteiger partial charge on any atom is -0.493 e. The van der Waals surface area contributed by atoms with Gasteiger partial charge in [-0.05, 0) is 47.5 Å². The first kappa shape index (κ1) is 19.9. The van der Waals surface area contributed by atoms with E-state index in [-0.39, 0.29) is 5.91 Å². The van der Waals surface area contributed by atoms with Crippen LogP contribution in [-0.2, 0) is 11.3 Å². The maximum atomic E-state index is 12.1. The molecule has 0 unspecified atom stereocenters. The number of carbonyl (C=O) groups excluding carboxylic acids is 1. The molecule has 2 aromatic carbocycles. The van der Waals surface area contributed by atoms with Gasteiger partial charge in [0.25, 0.3) is 0 Å². The van der Waals surface area contributed by atoms with Crippen molar-refractivity contribution in [1.82, 2.24) is 10.3 Å². The summed E-state index contributed by atoms with van der Waals surface area (Å²) in [5, 5.41) is 2.86. The van der Waals surface area contributed by atoms with Gasteiger partial charge in [0.15, 0.2) is 11.5 Å². The third-order valence-corrected chi connectivity index (χ3v) is 4.06. The second-order valence-electron chi connectivity index (χ2n) is 6.08. The van der Waals surface area contributed by atoms with E-state index in [1.54, 1.807) is 44.7 Å². The number of nitrogens with zero attached hydrogens (tertiary/aromatic N) is 1. The van der Waals surface area contributed by atoms with Gasteiger partial charge in [-0.1, -0.05) is 24.3 Å². The molecule has 6 heteroatoms. The van der Waals surface area contributed by atoms with Crippen molar-refractivity contribution >= 4 is 12.0 Å². The van der Waals surface area contributed by atoms with Crippen LogP contribution in [0.4, 0.5) is 0 Å². The molecule has 0 radical (unpaired) electrons. The van der Waals surface area contributed by atoms with Crippen molar-refractivity contribution in [2.45, 2.75) is 6.54 Å². The Kier molecular flexibility index (Phi) is 6.84. The Morgan fingerprint density at radius 2 is 1.86 bits per heavy atom. The molecule has 0 bridgehead atoms. The number of hydrogen-bond donors (Lipinski definition) is 1. The quantitative estimate of drug-likeness (QED) is 0.583. The van der Waals surface area contributed by atoms with Crippen molar-refractivity contribution in [1.29, 1.82) is 0 Å². The molecule has 1 aromatic heterocycles. The van der Waals surface area contributed by atoms with Gasteiger partial charge < -0.3 is 19.5 Å². The van der Waals surface area contributed by atoms with Gasteiger partial charge in [0, 0.05) is 24.9 Å². The molecule has 29 heavy (non-hydrogen) atoms. The molecule has 0 saturated heterocycles. The zero-order valence-corrected chi connectivity index (χ0v) is 16.3. The number of rotatable bonds is 8. The van der Waals surface area contributed by atoms with Crippen molar-refractivity contribution in [3.63, 3.8) is 0 Å². The minimum absolute atomic E-state index is 0.198. The summed E-state index contributed by atoms with van der Waals surface area (Å²) in [5.41, 5.74) is 1.76. The van der Waals surface area contributed by atoms with Gasteiger partial charge in [-0.25, -0.2) is 4.98 Å². The molecule has 1 amide bonds. The molecular weight excluding hydrogens is 368 g/mol. The first-order valence-electron chi connectivity index (χ1n) is 9.03. The smallest absolute Gasteiger partial charge is 0.244 e. The Hall–Kier alpha value is -3.80. The largest absolute Gasteiger partial charge is 0.493 e. The van der Waals surface area contributed by atoms with Crippen LogP contribution < -0.4 is 19.5 Å². The first-order chi connectivity index (χ1) is 14.2. The predicted octanol–water partition coefficient (Wildman–Crippen LogP) is 4.22. The highest BCUT2D eigenvalue weighted by atomic mass is 16.5. The number of benzene rings is 2. The highest BCUT2D eigenvalue weighted by molar-refractivity contribution is 5.91. The molecular formula is C23H22N2O4. The standard InChI is InChI=1S/C23H22N2O4/c1-27-20-11-9-17(15-21(20)28-2)10-12-22(26)25-16-18-6-5-7-19(14-18)29-23-8-3-4-13-24-23/h3-15H,16H2,1-2H3,(H,25,26). The molecule has 0 spiro atoms. The summed E-state index contributed by atoms with van der Waals surface area (Å²) in [7, 11) is 3.15. The lowest BCUT2D eigenvalue weighted by molar-refractivity contribution is -0.116. The maximum Gasteiger partial charge on any atom is 0.244 e. The normalized spacial score (nSPS) is 10.6. The van der Waals surface area contributed by atoms with E-state index >= 15 is 0 Å². The lowest BCUT2D eigenvalue weighted by atomic mass is 10.2. The minimum atomic E-state index is -0.198. The molecule has 0 saturated carbocycles. The Morgan fingerprint density at radius 3 is 2.62 bits per heavy atom. The number of amides is 1. The second-order valence-corrected chi connectivity index (χ2v) is 6.08. The number of pyridine rings is 1. The number of hydrogen-bond acceptors (Lipinski definition) is 5. The predicted molar refractivity (Wildman–Crippen MR) is 111 cm³/mol. The number of aromatic nitrogens is 1. The Bertz CT molecular complexity index is 987. The molecule has 0 aliphatic heterocycles. The monoisotopic (exact) mass is 390 g/mol. The van der Waals surface area contributed by atoms with Crippen LogP contribution in [0.3, 0.4) is 0 Å². The van der Waals surface area contributed by atoms with Gasteiger partial charge in [0.1, 0.15) is 5.75 Å². The molecule has 3 rings (SSSR count). The van der Waals surface area contributed by atoms with E-state index in [1.165, 1.54) is 6.08 Å². The van der Waals surface area contributed by atoms with E-state index < -0.39 is 0 Å². The van der Waals surface area contributed by atoms with Gasteiger partial charge in [-0.2, -0.15) is 0 Å². The van der Waals surface area contributed by atoms with Crippen LogP contribution in [0.1, 0.15) is 11.1 Å². The van der Waals surface area contributed by atoms with E-state index in [0.29, 0.717) is 29.7 Å². The van der Waals surface area contributed by atoms with Gasteiger partial charge in [0.2, 0.25) is 11.8 Å². The van der Waals surface area contributed by atoms with Crippen LogP contribution in [0.25, 0.3) is 6.08 Å². The molecule has 1 N–H and O–H groups in total. The fraction of sp³-hybridized carbons (Fsp3) is 0.130. The summed E-state index contributed by atoms with van der Waals surface area (Å²) < 4.78 is 16.2. The highest BCUT2D eigenvalue weighted by Crippen LogP contribution is 2.28. The molecule has 0 aliphatic carbocycles. The lowest BCUT2D eigenvalue weighted by Crippen LogP contribution is -2.20. The van der Waals surface area contributed by atoms with E-state index in [2.05, 4.69) is 10.3 Å². The van der Waals surface area contributed by atoms with Gasteiger partial charge in [-0.3, -0.25) is 4.79 Å². The van der Waals surface area contributed by atoms with Crippen LogP contribution in [0.2, 0.25) is 0 Å². The summed E-state index contributed by atoms with van der Waals surface area (Å²) >= 11 is 0. The average Bonchev–Trinajstić information content (AvgIpc) is 2.77. The number of ether oxygens (including phenoxy) is 3. The number of methoxy groups -OCH3 is 2. The average molecular weight is 390 g/mol. The fourth-order valence-electron chi connectivity index (χ4n) is 2.62. The van der Waals surface area contributed by atoms with Gasteiger partial charge >= 0.3 is 0 Å². The third kappa shape index (κ3) is 5.84. The van der Waals surface area contributed by atoms with Crippen LogP contribution in [-0.4, -0.2) is 25.1 Å². The maximum absolute atomic E-state index is 12.1. The second kappa shape index (κ2) is 9.94. The third-order valence-electron chi connectivity index (χ3n) is 4.06. The van der Waals surface area contributed by atoms with Crippen molar-refractivity contribution in [3.8, 4) is 23.1 Å². The van der Waals surface area contributed by atoms with Crippen LogP contribution in [0.5, 0.6) is 23.1 Å². The molecule has 148 valence electrons. The van der Waals surface area contributed by atoms with E-state index in [4.69, 9.17) is 14.2 Å².